The number of hydrogen-bond acceptors (Lipinski definition) is 6. The monoisotopic (exact) mass is 451 g/mol. The van der Waals surface area contributed by atoms with Gasteiger partial charge in [0.2, 0.25) is 0 Å². The van der Waals surface area contributed by atoms with Crippen LogP contribution >= 0.6 is 11.8 Å². The highest BCUT2D eigenvalue weighted by Crippen LogP contribution is 2.31. The molecule has 0 bridgehead atoms. The topological polar surface area (TPSA) is 125 Å². The third-order valence-corrected chi connectivity index (χ3v) is 5.88. The molecule has 3 aromatic heterocycles. The highest BCUT2D eigenvalue weighted by atomic mass is 32.2. The average molecular weight is 452 g/mol. The van der Waals surface area contributed by atoms with Crippen LogP contribution in [-0.4, -0.2) is 37.6 Å². The van der Waals surface area contributed by atoms with Gasteiger partial charge in [-0.3, -0.25) is 9.89 Å². The summed E-state index contributed by atoms with van der Waals surface area (Å²) in [5, 5.41) is 17.6. The van der Waals surface area contributed by atoms with E-state index in [1.807, 2.05) is 31.5 Å². The van der Waals surface area contributed by atoms with E-state index in [4.69, 9.17) is 17.6 Å². The minimum absolute atomic E-state index is 0.242. The Hall–Kier alpha value is -3.51. The van der Waals surface area contributed by atoms with Gasteiger partial charge in [-0.25, -0.2) is 4.98 Å². The van der Waals surface area contributed by atoms with E-state index in [-0.39, 0.29) is 12.5 Å². The second kappa shape index (κ2) is 12.4. The summed E-state index contributed by atoms with van der Waals surface area (Å²) in [4.78, 5) is 18.0. The van der Waals surface area contributed by atoms with Crippen molar-refractivity contribution < 1.29 is 4.79 Å². The molecule has 9 heteroatoms. The lowest BCUT2D eigenvalue weighted by atomic mass is 10.2. The van der Waals surface area contributed by atoms with Gasteiger partial charge in [0, 0.05) is 53.5 Å². The number of nitrogens with zero attached hydrogens (tertiary/aromatic N) is 3. The number of H-pyrrole nitrogens is 1. The largest absolute Gasteiger partial charge is 0.384 e. The molecule has 0 aromatic carbocycles. The number of aryl methyl sites for hydroxylation is 1. The van der Waals surface area contributed by atoms with Gasteiger partial charge in [0.25, 0.3) is 5.91 Å². The molecule has 1 amide bonds. The summed E-state index contributed by atoms with van der Waals surface area (Å²) in [6.45, 7) is 4.18. The summed E-state index contributed by atoms with van der Waals surface area (Å²) in [5.74, 6) is 3.42. The van der Waals surface area contributed by atoms with Gasteiger partial charge in [-0.05, 0) is 31.5 Å². The summed E-state index contributed by atoms with van der Waals surface area (Å²) in [6.07, 6.45) is 9.44. The van der Waals surface area contributed by atoms with Gasteiger partial charge in [0.15, 0.2) is 0 Å². The zero-order valence-corrected chi connectivity index (χ0v) is 19.4. The molecular formula is C23H29N7OS. The Kier molecular flexibility index (Phi) is 9.57. The molecule has 3 aromatic rings. The maximum absolute atomic E-state index is 12.8. The Morgan fingerprint density at radius 2 is 2.19 bits per heavy atom. The Morgan fingerprint density at radius 1 is 1.44 bits per heavy atom. The lowest BCUT2D eigenvalue weighted by Gasteiger charge is -2.08. The lowest BCUT2D eigenvalue weighted by molar-refractivity contribution is 0.0942. The van der Waals surface area contributed by atoms with Crippen molar-refractivity contribution in [2.45, 2.75) is 38.1 Å². The maximum atomic E-state index is 12.8. The predicted molar refractivity (Wildman–Crippen MR) is 130 cm³/mol. The molecule has 0 spiro atoms. The quantitative estimate of drug-likeness (QED) is 0.237. The number of aromatic amines is 1. The number of anilines is 1. The third kappa shape index (κ3) is 6.49. The molecule has 5 N–H and O–H groups in total. The number of nitrogens with one attached hydrogen (secondary N) is 3. The zero-order chi connectivity index (χ0) is 23.5. The van der Waals surface area contributed by atoms with E-state index in [1.54, 1.807) is 36.2 Å². The van der Waals surface area contributed by atoms with E-state index >= 15 is 0 Å². The van der Waals surface area contributed by atoms with Gasteiger partial charge in [-0.1, -0.05) is 13.0 Å². The van der Waals surface area contributed by atoms with Crippen LogP contribution < -0.4 is 11.1 Å². The number of aromatic nitrogens is 4. The van der Waals surface area contributed by atoms with Gasteiger partial charge in [0.1, 0.15) is 11.5 Å². The number of rotatable bonds is 8. The molecule has 0 radical (unpaired) electrons. The number of pyridine rings is 1. The third-order valence-electron chi connectivity index (χ3n) is 4.66. The standard InChI is InChI=1S/C19H23N7OS.C4H6/c1-12-18(28-9-7-13-6-8-23-25-13)15(10-20)17(26(12)2)19(27)22-11-14-4-3-5-16(21)24-14;1-3-4-2/h3-6,8,10,20H,7,9,11H2,1-2H3,(H2,21,24)(H,22,27)(H,23,25);1H,4H2,2H3. The molecule has 0 aliphatic heterocycles. The Bertz CT molecular complexity index is 1080. The number of terminal acetylenes is 1. The first-order valence-electron chi connectivity index (χ1n) is 10.2. The molecule has 0 saturated carbocycles. The predicted octanol–water partition coefficient (Wildman–Crippen LogP) is 3.33. The minimum Gasteiger partial charge on any atom is -0.384 e. The van der Waals surface area contributed by atoms with Crippen molar-refractivity contribution in [2.24, 2.45) is 7.05 Å². The van der Waals surface area contributed by atoms with Crippen LogP contribution in [0.1, 0.15) is 46.5 Å². The first-order valence-corrected chi connectivity index (χ1v) is 11.1. The molecular weight excluding hydrogens is 422 g/mol. The van der Waals surface area contributed by atoms with Crippen LogP contribution in [0.4, 0.5) is 5.82 Å². The van der Waals surface area contributed by atoms with Crippen molar-refractivity contribution in [3.8, 4) is 12.3 Å². The highest BCUT2D eigenvalue weighted by molar-refractivity contribution is 7.99. The SMILES string of the molecule is C#CCC.Cc1c(SCCc2ccn[nH]2)c(C=N)c(C(=O)NCc2cccc(N)n2)n1C. The van der Waals surface area contributed by atoms with Gasteiger partial charge in [0.05, 0.1) is 12.2 Å². The first kappa shape index (κ1) is 24.8. The molecule has 0 aliphatic carbocycles. The molecule has 32 heavy (non-hydrogen) atoms. The van der Waals surface area contributed by atoms with E-state index in [0.29, 0.717) is 22.8 Å². The fourth-order valence-electron chi connectivity index (χ4n) is 2.93. The van der Waals surface area contributed by atoms with Crippen LogP contribution in [-0.2, 0) is 20.0 Å². The molecule has 8 nitrogen and oxygen atoms in total. The normalized spacial score (nSPS) is 10.1. The van der Waals surface area contributed by atoms with Crippen LogP contribution in [0.2, 0.25) is 0 Å². The summed E-state index contributed by atoms with van der Waals surface area (Å²) in [6, 6.07) is 7.25. The van der Waals surface area contributed by atoms with Crippen LogP contribution in [0, 0.1) is 24.7 Å². The van der Waals surface area contributed by atoms with Crippen LogP contribution in [0.5, 0.6) is 0 Å². The number of hydrogen-bond donors (Lipinski definition) is 4. The van der Waals surface area contributed by atoms with Crippen LogP contribution in [0.15, 0.2) is 35.4 Å². The number of carbonyl (C=O) groups is 1. The second-order valence-corrected chi connectivity index (χ2v) is 7.96. The fraction of sp³-hybridized carbons (Fsp3) is 0.304. The van der Waals surface area contributed by atoms with E-state index < -0.39 is 0 Å². The van der Waals surface area contributed by atoms with E-state index in [2.05, 4.69) is 26.4 Å². The van der Waals surface area contributed by atoms with Gasteiger partial charge < -0.3 is 21.0 Å². The Morgan fingerprint density at radius 3 is 2.78 bits per heavy atom. The van der Waals surface area contributed by atoms with E-state index in [9.17, 15) is 4.79 Å². The molecule has 168 valence electrons. The van der Waals surface area contributed by atoms with Crippen molar-refractivity contribution >= 4 is 29.7 Å². The first-order chi connectivity index (χ1) is 15.4. The summed E-state index contributed by atoms with van der Waals surface area (Å²) in [5.41, 5.74) is 9.49. The molecule has 0 unspecified atom stereocenters. The van der Waals surface area contributed by atoms with Crippen molar-refractivity contribution in [3.05, 3.63) is 58.8 Å². The minimum atomic E-state index is -0.242. The van der Waals surface area contributed by atoms with Gasteiger partial charge in [-0.2, -0.15) is 5.10 Å². The summed E-state index contributed by atoms with van der Waals surface area (Å²) < 4.78 is 1.83. The van der Waals surface area contributed by atoms with Gasteiger partial charge in [-0.15, -0.1) is 24.1 Å². The molecule has 3 heterocycles. The number of nitrogen functional groups attached to an aromatic ring is 1. The van der Waals surface area contributed by atoms with Crippen molar-refractivity contribution in [3.63, 3.8) is 0 Å². The molecule has 0 atom stereocenters. The van der Waals surface area contributed by atoms with Crippen molar-refractivity contribution in [2.75, 3.05) is 11.5 Å². The molecule has 0 fully saturated rings. The summed E-state index contributed by atoms with van der Waals surface area (Å²) in [7, 11) is 1.84. The zero-order valence-electron chi connectivity index (χ0n) is 18.6. The molecule has 0 aliphatic rings. The van der Waals surface area contributed by atoms with Gasteiger partial charge >= 0.3 is 0 Å². The number of amides is 1. The van der Waals surface area contributed by atoms with Crippen molar-refractivity contribution in [1.82, 2.24) is 25.1 Å². The number of nitrogens with two attached hydrogens (primary N) is 1. The Labute approximate surface area is 192 Å². The summed E-state index contributed by atoms with van der Waals surface area (Å²) >= 11 is 1.64. The molecule has 3 rings (SSSR count). The second-order valence-electron chi connectivity index (χ2n) is 6.85. The van der Waals surface area contributed by atoms with Crippen LogP contribution in [0.3, 0.4) is 0 Å². The van der Waals surface area contributed by atoms with Crippen molar-refractivity contribution in [1.29, 1.82) is 5.41 Å². The van der Waals surface area contributed by atoms with E-state index in [1.165, 1.54) is 6.21 Å². The van der Waals surface area contributed by atoms with Crippen LogP contribution in [0.25, 0.3) is 0 Å². The number of carbonyl (C=O) groups excluding carboxylic acids is 1. The number of thioether (sulfide) groups is 1. The maximum Gasteiger partial charge on any atom is 0.268 e. The fourth-order valence-corrected chi connectivity index (χ4v) is 4.12. The molecule has 0 saturated heterocycles. The van der Waals surface area contributed by atoms with E-state index in [0.717, 1.165) is 34.9 Å². The average Bonchev–Trinajstić information content (AvgIpc) is 3.39. The smallest absolute Gasteiger partial charge is 0.268 e. The Balaban J connectivity index is 0.000000837. The highest BCUT2D eigenvalue weighted by Gasteiger charge is 2.22. The lowest BCUT2D eigenvalue weighted by Crippen LogP contribution is -2.26.